The molecule has 3 N–H and O–H groups in total. The average molecular weight is 289 g/mol. The van der Waals surface area contributed by atoms with Crippen LogP contribution in [0.3, 0.4) is 0 Å². The van der Waals surface area contributed by atoms with E-state index < -0.39 is 25.6 Å². The van der Waals surface area contributed by atoms with Gasteiger partial charge in [-0.25, -0.2) is 12.8 Å². The molecule has 0 heterocycles. The van der Waals surface area contributed by atoms with Crippen molar-refractivity contribution >= 4 is 27.1 Å². The Hall–Kier alpha value is -0.990. The van der Waals surface area contributed by atoms with Crippen LogP contribution in [0.25, 0.3) is 0 Å². The molecule has 0 fully saturated rings. The molecule has 9 heteroatoms. The van der Waals surface area contributed by atoms with Crippen molar-refractivity contribution in [3.63, 3.8) is 0 Å². The van der Waals surface area contributed by atoms with Gasteiger partial charge >= 0.3 is 5.25 Å². The van der Waals surface area contributed by atoms with Crippen LogP contribution in [0.5, 0.6) is 0 Å². The largest absolute Gasteiger partial charge is 0.393 e. The first kappa shape index (κ1) is 14.1. The smallest absolute Gasteiger partial charge is 0.324 e. The number of hydrogen-bond acceptors (Lipinski definition) is 4. The minimum absolute atomic E-state index is 0.315. The van der Waals surface area contributed by atoms with Gasteiger partial charge in [-0.05, 0) is 24.3 Å². The maximum absolute atomic E-state index is 13.1. The summed E-state index contributed by atoms with van der Waals surface area (Å²) in [6.45, 7) is 0. The van der Waals surface area contributed by atoms with E-state index in [0.29, 0.717) is 5.69 Å². The van der Waals surface area contributed by atoms with Crippen molar-refractivity contribution in [2.45, 2.75) is 15.8 Å². The van der Waals surface area contributed by atoms with Gasteiger partial charge in [-0.2, -0.15) is 8.78 Å². The van der Waals surface area contributed by atoms with Crippen LogP contribution in [0.1, 0.15) is 0 Å². The number of nitrogen functional groups attached to an aromatic ring is 1. The quantitative estimate of drug-likeness (QED) is 0.504. The van der Waals surface area contributed by atoms with Crippen LogP contribution in [0.15, 0.2) is 29.2 Å². The van der Waals surface area contributed by atoms with Crippen LogP contribution < -0.4 is 11.3 Å². The second-order valence-electron chi connectivity index (χ2n) is 3.03. The van der Waals surface area contributed by atoms with E-state index in [9.17, 15) is 21.6 Å². The van der Waals surface area contributed by atoms with Crippen LogP contribution in [-0.4, -0.2) is 19.3 Å². The highest BCUT2D eigenvalue weighted by atomic mass is 35.5. The fourth-order valence-corrected chi connectivity index (χ4v) is 2.40. The van der Waals surface area contributed by atoms with Crippen LogP contribution in [0, 0.1) is 0 Å². The monoisotopic (exact) mass is 288 g/mol. The molecule has 1 rings (SSSR count). The first-order chi connectivity index (χ1) is 7.73. The number of benzene rings is 1. The molecule has 96 valence electrons. The highest BCUT2D eigenvalue weighted by Gasteiger charge is 2.53. The SMILES string of the molecule is NNc1ccc(S(=O)(=O)C(F)(F)C(F)Cl)cc1. The van der Waals surface area contributed by atoms with Crippen LogP contribution in [-0.2, 0) is 9.84 Å². The fourth-order valence-electron chi connectivity index (χ4n) is 1.00. The van der Waals surface area contributed by atoms with E-state index in [-0.39, 0.29) is 0 Å². The molecule has 0 bridgehead atoms. The van der Waals surface area contributed by atoms with Crippen molar-refractivity contribution in [2.24, 2.45) is 5.84 Å². The summed E-state index contributed by atoms with van der Waals surface area (Å²) in [6, 6.07) is 4.06. The first-order valence-electron chi connectivity index (χ1n) is 4.20. The molecule has 0 amide bonds. The lowest BCUT2D eigenvalue weighted by atomic mass is 10.3. The zero-order valence-corrected chi connectivity index (χ0v) is 9.77. The average Bonchev–Trinajstić information content (AvgIpc) is 2.28. The molecular weight excluding hydrogens is 281 g/mol. The number of nitrogens with one attached hydrogen (secondary N) is 1. The van der Waals surface area contributed by atoms with Crippen molar-refractivity contribution in [1.29, 1.82) is 0 Å². The maximum Gasteiger partial charge on any atom is 0.393 e. The predicted molar refractivity (Wildman–Crippen MR) is 57.1 cm³/mol. The van der Waals surface area contributed by atoms with E-state index in [1.807, 2.05) is 0 Å². The highest BCUT2D eigenvalue weighted by molar-refractivity contribution is 7.92. The topological polar surface area (TPSA) is 72.2 Å². The third-order valence-electron chi connectivity index (χ3n) is 1.94. The summed E-state index contributed by atoms with van der Waals surface area (Å²) in [5, 5.41) is -4.69. The second-order valence-corrected chi connectivity index (χ2v) is 5.44. The van der Waals surface area contributed by atoms with Crippen LogP contribution >= 0.6 is 11.6 Å². The highest BCUT2D eigenvalue weighted by Crippen LogP contribution is 2.35. The number of anilines is 1. The zero-order valence-electron chi connectivity index (χ0n) is 8.20. The molecule has 0 saturated heterocycles. The van der Waals surface area contributed by atoms with Gasteiger partial charge in [-0.3, -0.25) is 5.84 Å². The first-order valence-corrected chi connectivity index (χ1v) is 6.12. The lowest BCUT2D eigenvalue weighted by molar-refractivity contribution is 0.0423. The normalized spacial score (nSPS) is 14.4. The molecule has 1 aromatic rings. The van der Waals surface area contributed by atoms with E-state index in [1.54, 1.807) is 0 Å². The second kappa shape index (κ2) is 4.71. The molecule has 1 unspecified atom stereocenters. The van der Waals surface area contributed by atoms with Gasteiger partial charge in [0.1, 0.15) is 0 Å². The lowest BCUT2D eigenvalue weighted by Gasteiger charge is -2.16. The number of rotatable bonds is 4. The number of nitrogens with two attached hydrogens (primary N) is 1. The molecule has 0 aliphatic rings. The lowest BCUT2D eigenvalue weighted by Crippen LogP contribution is -2.35. The Bertz CT molecular complexity index is 490. The van der Waals surface area contributed by atoms with Gasteiger partial charge in [-0.15, -0.1) is 0 Å². The fraction of sp³-hybridized carbons (Fsp3) is 0.250. The van der Waals surface area contributed by atoms with E-state index in [4.69, 9.17) is 5.84 Å². The van der Waals surface area contributed by atoms with Crippen molar-refractivity contribution in [1.82, 2.24) is 0 Å². The minimum atomic E-state index is -5.17. The van der Waals surface area contributed by atoms with Gasteiger partial charge < -0.3 is 5.43 Å². The van der Waals surface area contributed by atoms with Crippen molar-refractivity contribution in [3.05, 3.63) is 24.3 Å². The molecule has 0 radical (unpaired) electrons. The molecule has 0 aromatic heterocycles. The summed E-state index contributed by atoms with van der Waals surface area (Å²) in [4.78, 5) is -0.746. The van der Waals surface area contributed by atoms with E-state index >= 15 is 0 Å². The third kappa shape index (κ3) is 2.48. The van der Waals surface area contributed by atoms with Crippen molar-refractivity contribution in [3.8, 4) is 0 Å². The molecule has 0 aliphatic heterocycles. The number of halogens is 4. The predicted octanol–water partition coefficient (Wildman–Crippen LogP) is 1.87. The van der Waals surface area contributed by atoms with Gasteiger partial charge in [0.2, 0.25) is 9.84 Å². The Morgan fingerprint density at radius 3 is 2.12 bits per heavy atom. The van der Waals surface area contributed by atoms with Crippen molar-refractivity contribution in [2.75, 3.05) is 5.43 Å². The molecule has 17 heavy (non-hydrogen) atoms. The van der Waals surface area contributed by atoms with Crippen LogP contribution in [0.4, 0.5) is 18.9 Å². The molecule has 4 nitrogen and oxygen atoms in total. The summed E-state index contributed by atoms with van der Waals surface area (Å²) in [5.74, 6) is 5.01. The summed E-state index contributed by atoms with van der Waals surface area (Å²) >= 11 is 4.53. The van der Waals surface area contributed by atoms with Gasteiger partial charge in [0.25, 0.3) is 5.63 Å². The summed E-state index contributed by atoms with van der Waals surface area (Å²) in [5.41, 5.74) is -0.820. The molecule has 0 saturated carbocycles. The summed E-state index contributed by atoms with van der Waals surface area (Å²) in [6.07, 6.45) is 0. The standard InChI is InChI=1S/C8H8ClF3N2O2S/c9-7(10)8(11,12)17(15,16)6-3-1-5(14-13)2-4-6/h1-4,7,14H,13H2. The van der Waals surface area contributed by atoms with Crippen LogP contribution in [0.2, 0.25) is 0 Å². The Labute approximate surface area is 100 Å². The Kier molecular flexibility index (Phi) is 3.90. The minimum Gasteiger partial charge on any atom is -0.324 e. The number of alkyl halides is 4. The molecule has 1 aromatic carbocycles. The Balaban J connectivity index is 3.22. The molecule has 1 atom stereocenters. The summed E-state index contributed by atoms with van der Waals surface area (Å²) < 4.78 is 61.3. The van der Waals surface area contributed by atoms with E-state index in [0.717, 1.165) is 24.3 Å². The zero-order chi connectivity index (χ0) is 13.3. The van der Waals surface area contributed by atoms with Gasteiger partial charge in [-0.1, -0.05) is 11.6 Å². The molecule has 0 spiro atoms. The maximum atomic E-state index is 13.1. The number of hydrazine groups is 1. The number of hydrogen-bond donors (Lipinski definition) is 2. The van der Waals surface area contributed by atoms with Crippen molar-refractivity contribution < 1.29 is 21.6 Å². The van der Waals surface area contributed by atoms with Gasteiger partial charge in [0.15, 0.2) is 0 Å². The Morgan fingerprint density at radius 2 is 1.76 bits per heavy atom. The third-order valence-corrected chi connectivity index (χ3v) is 4.16. The molecular formula is C8H8ClF3N2O2S. The van der Waals surface area contributed by atoms with Gasteiger partial charge in [0, 0.05) is 5.69 Å². The van der Waals surface area contributed by atoms with E-state index in [2.05, 4.69) is 17.0 Å². The van der Waals surface area contributed by atoms with Gasteiger partial charge in [0.05, 0.1) is 4.90 Å². The Morgan fingerprint density at radius 1 is 1.29 bits per heavy atom. The molecule has 0 aliphatic carbocycles. The summed E-state index contributed by atoms with van der Waals surface area (Å²) in [7, 11) is -5.17. The van der Waals surface area contributed by atoms with E-state index in [1.165, 1.54) is 0 Å². The number of sulfone groups is 1.